The van der Waals surface area contributed by atoms with E-state index in [2.05, 4.69) is 10.9 Å². The van der Waals surface area contributed by atoms with Crippen LogP contribution in [-0.2, 0) is 17.8 Å². The molecule has 2 aromatic carbocycles. The lowest BCUT2D eigenvalue weighted by molar-refractivity contribution is -0.127. The van der Waals surface area contributed by atoms with Crippen molar-refractivity contribution in [1.82, 2.24) is 15.8 Å². The van der Waals surface area contributed by atoms with Crippen molar-refractivity contribution in [1.29, 1.82) is 0 Å². The number of hydrazine groups is 1. The Morgan fingerprint density at radius 2 is 1.84 bits per heavy atom. The van der Waals surface area contributed by atoms with Crippen LogP contribution in [0, 0.1) is 0 Å². The zero-order chi connectivity index (χ0) is 22.7. The molecule has 1 aliphatic heterocycles. The van der Waals surface area contributed by atoms with Crippen LogP contribution in [0.25, 0.3) is 0 Å². The third-order valence-corrected chi connectivity index (χ3v) is 5.48. The van der Waals surface area contributed by atoms with Gasteiger partial charge in [0.25, 0.3) is 17.7 Å². The zero-order valence-electron chi connectivity index (χ0n) is 17.1. The summed E-state index contributed by atoms with van der Waals surface area (Å²) in [6, 6.07) is 14.5. The van der Waals surface area contributed by atoms with Crippen molar-refractivity contribution >= 4 is 29.3 Å². The molecule has 1 unspecified atom stereocenters. The molecule has 3 aromatic rings. The van der Waals surface area contributed by atoms with Gasteiger partial charge in [0.05, 0.1) is 18.9 Å². The zero-order valence-corrected chi connectivity index (χ0v) is 17.9. The van der Waals surface area contributed by atoms with Gasteiger partial charge in [0, 0.05) is 18.0 Å². The van der Waals surface area contributed by atoms with Gasteiger partial charge in [-0.3, -0.25) is 25.2 Å². The molecule has 3 amide bonds. The summed E-state index contributed by atoms with van der Waals surface area (Å²) < 4.78 is 10.4. The Morgan fingerprint density at radius 1 is 1.06 bits per heavy atom. The Morgan fingerprint density at radius 3 is 2.56 bits per heavy atom. The van der Waals surface area contributed by atoms with Crippen LogP contribution < -0.4 is 15.6 Å². The average molecular weight is 454 g/mol. The number of ether oxygens (including phenoxy) is 1. The van der Waals surface area contributed by atoms with E-state index in [9.17, 15) is 14.4 Å². The third-order valence-electron chi connectivity index (χ3n) is 5.25. The summed E-state index contributed by atoms with van der Waals surface area (Å²) in [7, 11) is 1.43. The number of furan rings is 1. The van der Waals surface area contributed by atoms with Crippen LogP contribution in [0.5, 0.6) is 5.75 Å². The van der Waals surface area contributed by atoms with Crippen LogP contribution in [0.15, 0.2) is 65.3 Å². The van der Waals surface area contributed by atoms with Crippen LogP contribution >= 0.6 is 11.6 Å². The Bertz CT molecular complexity index is 1160. The smallest absolute Gasteiger partial charge is 0.290 e. The highest BCUT2D eigenvalue weighted by Crippen LogP contribution is 2.26. The van der Waals surface area contributed by atoms with Crippen LogP contribution in [0.4, 0.5) is 0 Å². The van der Waals surface area contributed by atoms with Gasteiger partial charge in [-0.1, -0.05) is 35.9 Å². The SMILES string of the molecule is COc1ccc(Cl)cc1C(=O)NNC(=O)C1Cc2ccccc2CN1C(=O)c1ccco1. The number of rotatable bonds is 4. The molecule has 0 radical (unpaired) electrons. The highest BCUT2D eigenvalue weighted by atomic mass is 35.5. The van der Waals surface area contributed by atoms with Crippen molar-refractivity contribution in [2.75, 3.05) is 7.11 Å². The lowest BCUT2D eigenvalue weighted by Gasteiger charge is -2.35. The Hall–Kier alpha value is -3.78. The molecule has 0 bridgehead atoms. The van der Waals surface area contributed by atoms with Gasteiger partial charge in [-0.25, -0.2) is 0 Å². The first-order valence-electron chi connectivity index (χ1n) is 9.83. The largest absolute Gasteiger partial charge is 0.496 e. The van der Waals surface area contributed by atoms with Gasteiger partial charge < -0.3 is 14.1 Å². The van der Waals surface area contributed by atoms with E-state index < -0.39 is 23.8 Å². The molecule has 0 spiro atoms. The van der Waals surface area contributed by atoms with Gasteiger partial charge in [-0.2, -0.15) is 0 Å². The fourth-order valence-electron chi connectivity index (χ4n) is 3.64. The van der Waals surface area contributed by atoms with E-state index in [1.807, 2.05) is 24.3 Å². The number of hydrogen-bond donors (Lipinski definition) is 2. The van der Waals surface area contributed by atoms with Crippen molar-refractivity contribution in [2.45, 2.75) is 19.0 Å². The topological polar surface area (TPSA) is 101 Å². The third kappa shape index (κ3) is 4.31. The molecule has 0 aliphatic carbocycles. The number of methoxy groups -OCH3 is 1. The lowest BCUT2D eigenvalue weighted by Crippen LogP contribution is -2.56. The normalized spacial score (nSPS) is 14.9. The van der Waals surface area contributed by atoms with E-state index in [1.54, 1.807) is 24.3 Å². The van der Waals surface area contributed by atoms with Crippen molar-refractivity contribution in [2.24, 2.45) is 0 Å². The van der Waals surface area contributed by atoms with E-state index in [-0.39, 0.29) is 17.9 Å². The van der Waals surface area contributed by atoms with E-state index in [0.29, 0.717) is 17.2 Å². The number of halogens is 1. The van der Waals surface area contributed by atoms with Crippen LogP contribution in [-0.4, -0.2) is 35.8 Å². The van der Waals surface area contributed by atoms with Crippen LogP contribution in [0.3, 0.4) is 0 Å². The molecule has 1 aromatic heterocycles. The Labute approximate surface area is 189 Å². The highest BCUT2D eigenvalue weighted by Gasteiger charge is 2.36. The first-order chi connectivity index (χ1) is 15.5. The minimum Gasteiger partial charge on any atom is -0.496 e. The molecule has 2 N–H and O–H groups in total. The van der Waals surface area contributed by atoms with Crippen molar-refractivity contribution in [3.8, 4) is 5.75 Å². The molecule has 4 rings (SSSR count). The number of benzene rings is 2. The first-order valence-corrected chi connectivity index (χ1v) is 10.2. The van der Waals surface area contributed by atoms with Crippen molar-refractivity contribution in [3.63, 3.8) is 0 Å². The summed E-state index contributed by atoms with van der Waals surface area (Å²) in [5, 5.41) is 0.349. The summed E-state index contributed by atoms with van der Waals surface area (Å²) in [5.41, 5.74) is 6.87. The molecule has 32 heavy (non-hydrogen) atoms. The molecule has 8 nitrogen and oxygen atoms in total. The Kier molecular flexibility index (Phi) is 6.13. The number of hydrogen-bond acceptors (Lipinski definition) is 5. The maximum atomic E-state index is 13.0. The second-order valence-corrected chi connectivity index (χ2v) is 7.62. The summed E-state index contributed by atoms with van der Waals surface area (Å²) >= 11 is 5.98. The van der Waals surface area contributed by atoms with Crippen LogP contribution in [0.1, 0.15) is 32.0 Å². The molecule has 0 saturated heterocycles. The molecule has 1 aliphatic rings. The molecule has 164 valence electrons. The number of carbonyl (C=O) groups is 3. The lowest BCUT2D eigenvalue weighted by atomic mass is 9.93. The van der Waals surface area contributed by atoms with E-state index in [1.165, 1.54) is 24.3 Å². The van der Waals surface area contributed by atoms with Gasteiger partial charge >= 0.3 is 0 Å². The maximum Gasteiger partial charge on any atom is 0.290 e. The number of fused-ring (bicyclic) bond motifs is 1. The molecule has 1 atom stereocenters. The maximum absolute atomic E-state index is 13.0. The average Bonchev–Trinajstić information content (AvgIpc) is 3.36. The van der Waals surface area contributed by atoms with Crippen LogP contribution in [0.2, 0.25) is 5.02 Å². The minimum atomic E-state index is -0.843. The summed E-state index contributed by atoms with van der Waals surface area (Å²) in [6.45, 7) is 0.240. The molecule has 0 saturated carbocycles. The van der Waals surface area contributed by atoms with Crippen molar-refractivity contribution < 1.29 is 23.5 Å². The predicted molar refractivity (Wildman–Crippen MR) is 116 cm³/mol. The molecular weight excluding hydrogens is 434 g/mol. The number of amides is 3. The molecule has 2 heterocycles. The van der Waals surface area contributed by atoms with Gasteiger partial charge in [0.1, 0.15) is 11.8 Å². The summed E-state index contributed by atoms with van der Waals surface area (Å²) in [6.07, 6.45) is 1.70. The summed E-state index contributed by atoms with van der Waals surface area (Å²) in [4.78, 5) is 40.1. The van der Waals surface area contributed by atoms with Gasteiger partial charge in [-0.05, 0) is 41.5 Å². The summed E-state index contributed by atoms with van der Waals surface area (Å²) in [5.74, 6) is -1.10. The second kappa shape index (κ2) is 9.15. The monoisotopic (exact) mass is 453 g/mol. The minimum absolute atomic E-state index is 0.134. The quantitative estimate of drug-likeness (QED) is 0.591. The Balaban J connectivity index is 1.53. The number of carbonyl (C=O) groups excluding carboxylic acids is 3. The highest BCUT2D eigenvalue weighted by molar-refractivity contribution is 6.31. The second-order valence-electron chi connectivity index (χ2n) is 7.19. The fraction of sp³-hybridized carbons (Fsp3) is 0.174. The molecule has 0 fully saturated rings. The van der Waals surface area contributed by atoms with Gasteiger partial charge in [0.15, 0.2) is 5.76 Å². The number of nitrogens with one attached hydrogen (secondary N) is 2. The predicted octanol–water partition coefficient (Wildman–Crippen LogP) is 2.97. The number of nitrogens with zero attached hydrogens (tertiary/aromatic N) is 1. The molecular formula is C23H20ClN3O5. The standard InChI is InChI=1S/C23H20ClN3O5/c1-31-19-9-8-16(24)12-17(19)21(28)25-26-22(29)18-11-14-5-2-3-6-15(14)13-27(18)23(30)20-7-4-10-32-20/h2-10,12,18H,11,13H2,1H3,(H,25,28)(H,26,29). The van der Waals surface area contributed by atoms with Gasteiger partial charge in [0.2, 0.25) is 0 Å². The fourth-order valence-corrected chi connectivity index (χ4v) is 3.81. The van der Waals surface area contributed by atoms with Crippen molar-refractivity contribution in [3.05, 3.63) is 88.3 Å². The first kappa shape index (κ1) is 21.5. The van der Waals surface area contributed by atoms with E-state index in [0.717, 1.165) is 11.1 Å². The van der Waals surface area contributed by atoms with Gasteiger partial charge in [-0.15, -0.1) is 0 Å². The van der Waals surface area contributed by atoms with E-state index >= 15 is 0 Å². The van der Waals surface area contributed by atoms with E-state index in [4.69, 9.17) is 20.8 Å². The molecule has 9 heteroatoms.